The number of amides is 2. The fourth-order valence-corrected chi connectivity index (χ4v) is 4.32. The molecule has 4 rings (SSSR count). The Bertz CT molecular complexity index is 671. The smallest absolute Gasteiger partial charge is 0.253 e. The Kier molecular flexibility index (Phi) is 4.26. The van der Waals surface area contributed by atoms with E-state index in [0.717, 1.165) is 44.7 Å². The van der Waals surface area contributed by atoms with Crippen molar-refractivity contribution in [2.75, 3.05) is 26.2 Å². The molecule has 2 amide bonds. The van der Waals surface area contributed by atoms with Crippen LogP contribution < -0.4 is 0 Å². The van der Waals surface area contributed by atoms with Crippen LogP contribution in [0.2, 0.25) is 0 Å². The molecule has 0 N–H and O–H groups in total. The second-order valence-corrected chi connectivity index (χ2v) is 7.88. The van der Waals surface area contributed by atoms with Crippen LogP contribution in [-0.2, 0) is 4.79 Å². The number of benzene rings is 1. The van der Waals surface area contributed by atoms with Gasteiger partial charge < -0.3 is 9.80 Å². The second kappa shape index (κ2) is 6.43. The molecule has 2 aliphatic heterocycles. The van der Waals surface area contributed by atoms with Crippen molar-refractivity contribution in [3.8, 4) is 0 Å². The van der Waals surface area contributed by atoms with E-state index in [1.165, 1.54) is 37.1 Å². The fraction of sp³-hybridized carbons (Fsp3) is 0.600. The summed E-state index contributed by atoms with van der Waals surface area (Å²) in [5.74, 6) is 0.646. The number of carbonyl (C=O) groups excluding carboxylic acids is 2. The molecule has 1 spiro atoms. The van der Waals surface area contributed by atoms with Gasteiger partial charge >= 0.3 is 0 Å². The summed E-state index contributed by atoms with van der Waals surface area (Å²) in [5.41, 5.74) is 0.262. The van der Waals surface area contributed by atoms with Gasteiger partial charge in [-0.2, -0.15) is 0 Å². The topological polar surface area (TPSA) is 40.6 Å². The Morgan fingerprint density at radius 3 is 2.52 bits per heavy atom. The van der Waals surface area contributed by atoms with Crippen LogP contribution in [0.15, 0.2) is 24.3 Å². The molecule has 3 fully saturated rings. The maximum Gasteiger partial charge on any atom is 0.253 e. The number of halogens is 1. The first kappa shape index (κ1) is 16.6. The van der Waals surface area contributed by atoms with Gasteiger partial charge in [0.15, 0.2) is 0 Å². The van der Waals surface area contributed by atoms with Crippen LogP contribution in [0.1, 0.15) is 48.9 Å². The number of likely N-dealkylation sites (tertiary alicyclic amines) is 2. The summed E-state index contributed by atoms with van der Waals surface area (Å²) < 4.78 is 13.1. The zero-order valence-electron chi connectivity index (χ0n) is 14.5. The van der Waals surface area contributed by atoms with Gasteiger partial charge in [-0.25, -0.2) is 4.39 Å². The molecule has 1 unspecified atom stereocenters. The molecular formula is C20H25FN2O2. The maximum atomic E-state index is 13.1. The van der Waals surface area contributed by atoms with Crippen molar-refractivity contribution in [1.82, 2.24) is 9.80 Å². The highest BCUT2D eigenvalue weighted by atomic mass is 19.1. The van der Waals surface area contributed by atoms with Gasteiger partial charge in [-0.1, -0.05) is 0 Å². The lowest BCUT2D eigenvalue weighted by atomic mass is 9.79. The molecule has 0 radical (unpaired) electrons. The lowest BCUT2D eigenvalue weighted by Crippen LogP contribution is -2.37. The normalized spacial score (nSPS) is 27.0. The largest absolute Gasteiger partial charge is 0.342 e. The third-order valence-corrected chi connectivity index (χ3v) is 6.10. The van der Waals surface area contributed by atoms with Crippen molar-refractivity contribution in [3.63, 3.8) is 0 Å². The number of nitrogens with zero attached hydrogens (tertiary/aromatic N) is 2. The van der Waals surface area contributed by atoms with E-state index in [0.29, 0.717) is 24.6 Å². The fourth-order valence-electron chi connectivity index (χ4n) is 4.32. The van der Waals surface area contributed by atoms with Gasteiger partial charge in [-0.05, 0) is 68.7 Å². The number of carbonyl (C=O) groups is 2. The number of rotatable bonds is 3. The highest BCUT2D eigenvalue weighted by Crippen LogP contribution is 2.43. The van der Waals surface area contributed by atoms with Crippen LogP contribution in [0.4, 0.5) is 4.39 Å². The highest BCUT2D eigenvalue weighted by Gasteiger charge is 2.48. The summed E-state index contributed by atoms with van der Waals surface area (Å²) >= 11 is 0. The summed E-state index contributed by atoms with van der Waals surface area (Å²) in [6.07, 6.45) is 5.93. The number of hydrogen-bond donors (Lipinski definition) is 0. The standard InChI is InChI=1S/C20H25FN2O2/c21-17-6-4-16(5-7-17)18(24)22-11-1-8-20(9-12-22)10-13-23(19(20)25)14-15-2-3-15/h4-7,15H,1-3,8-14H2. The van der Waals surface area contributed by atoms with Gasteiger partial charge in [0, 0.05) is 31.7 Å². The summed E-state index contributed by atoms with van der Waals surface area (Å²) in [6.45, 7) is 3.09. The molecule has 5 heteroatoms. The van der Waals surface area contributed by atoms with E-state index in [1.54, 1.807) is 0 Å². The zero-order chi connectivity index (χ0) is 17.4. The molecule has 2 heterocycles. The molecule has 1 aliphatic carbocycles. The Morgan fingerprint density at radius 2 is 1.80 bits per heavy atom. The van der Waals surface area contributed by atoms with Crippen LogP contribution in [-0.4, -0.2) is 47.8 Å². The minimum Gasteiger partial charge on any atom is -0.342 e. The molecule has 0 aromatic heterocycles. The van der Waals surface area contributed by atoms with Crippen LogP contribution >= 0.6 is 0 Å². The minimum atomic E-state index is -0.335. The Balaban J connectivity index is 1.42. The predicted octanol–water partition coefficient (Wildman–Crippen LogP) is 3.08. The van der Waals surface area contributed by atoms with Crippen LogP contribution in [0, 0.1) is 17.2 Å². The van der Waals surface area contributed by atoms with Gasteiger partial charge in [0.05, 0.1) is 5.41 Å². The second-order valence-electron chi connectivity index (χ2n) is 7.88. The molecule has 4 nitrogen and oxygen atoms in total. The summed E-state index contributed by atoms with van der Waals surface area (Å²) in [7, 11) is 0. The third-order valence-electron chi connectivity index (χ3n) is 6.10. The molecule has 3 aliphatic rings. The zero-order valence-corrected chi connectivity index (χ0v) is 14.5. The number of hydrogen-bond acceptors (Lipinski definition) is 2. The summed E-state index contributed by atoms with van der Waals surface area (Å²) in [4.78, 5) is 29.5. The Hall–Kier alpha value is -1.91. The van der Waals surface area contributed by atoms with Crippen molar-refractivity contribution < 1.29 is 14.0 Å². The predicted molar refractivity (Wildman–Crippen MR) is 92.5 cm³/mol. The molecular weight excluding hydrogens is 319 g/mol. The molecule has 25 heavy (non-hydrogen) atoms. The lowest BCUT2D eigenvalue weighted by molar-refractivity contribution is -0.136. The van der Waals surface area contributed by atoms with E-state index in [-0.39, 0.29) is 17.1 Å². The quantitative estimate of drug-likeness (QED) is 0.845. The van der Waals surface area contributed by atoms with E-state index in [2.05, 4.69) is 4.90 Å². The van der Waals surface area contributed by atoms with Gasteiger partial charge in [0.25, 0.3) is 5.91 Å². The molecule has 1 atom stereocenters. The third kappa shape index (κ3) is 3.29. The van der Waals surface area contributed by atoms with Gasteiger partial charge in [0.1, 0.15) is 5.82 Å². The van der Waals surface area contributed by atoms with Crippen molar-refractivity contribution in [2.24, 2.45) is 11.3 Å². The van der Waals surface area contributed by atoms with E-state index in [4.69, 9.17) is 0 Å². The molecule has 134 valence electrons. The first-order valence-electron chi connectivity index (χ1n) is 9.42. The van der Waals surface area contributed by atoms with Crippen LogP contribution in [0.3, 0.4) is 0 Å². The van der Waals surface area contributed by atoms with E-state index < -0.39 is 0 Å². The van der Waals surface area contributed by atoms with Crippen molar-refractivity contribution in [3.05, 3.63) is 35.6 Å². The van der Waals surface area contributed by atoms with E-state index in [9.17, 15) is 14.0 Å². The minimum absolute atomic E-state index is 0.0580. The van der Waals surface area contributed by atoms with Crippen molar-refractivity contribution >= 4 is 11.8 Å². The van der Waals surface area contributed by atoms with Crippen LogP contribution in [0.25, 0.3) is 0 Å². The van der Waals surface area contributed by atoms with E-state index in [1.807, 2.05) is 4.90 Å². The first-order chi connectivity index (χ1) is 12.1. The van der Waals surface area contributed by atoms with Crippen molar-refractivity contribution in [1.29, 1.82) is 0 Å². The molecule has 0 bridgehead atoms. The summed E-state index contributed by atoms with van der Waals surface area (Å²) in [5, 5.41) is 0. The Labute approximate surface area is 148 Å². The van der Waals surface area contributed by atoms with Gasteiger partial charge in [-0.15, -0.1) is 0 Å². The molecule has 1 saturated carbocycles. The molecule has 2 saturated heterocycles. The molecule has 1 aromatic rings. The average molecular weight is 344 g/mol. The molecule has 1 aromatic carbocycles. The maximum absolute atomic E-state index is 13.1. The van der Waals surface area contributed by atoms with Crippen LogP contribution in [0.5, 0.6) is 0 Å². The average Bonchev–Trinajstić information content (AvgIpc) is 3.40. The van der Waals surface area contributed by atoms with Crippen molar-refractivity contribution in [2.45, 2.75) is 38.5 Å². The SMILES string of the molecule is O=C(c1ccc(F)cc1)N1CCCC2(CC1)CCN(CC1CC1)C2=O. The highest BCUT2D eigenvalue weighted by molar-refractivity contribution is 5.94. The first-order valence-corrected chi connectivity index (χ1v) is 9.42. The summed E-state index contributed by atoms with van der Waals surface area (Å²) in [6, 6.07) is 5.72. The Morgan fingerprint density at radius 1 is 1.08 bits per heavy atom. The van der Waals surface area contributed by atoms with Gasteiger partial charge in [0.2, 0.25) is 5.91 Å². The van der Waals surface area contributed by atoms with E-state index >= 15 is 0 Å². The van der Waals surface area contributed by atoms with Gasteiger partial charge in [-0.3, -0.25) is 9.59 Å². The lowest BCUT2D eigenvalue weighted by Gasteiger charge is -2.27. The monoisotopic (exact) mass is 344 g/mol.